The van der Waals surface area contributed by atoms with Crippen molar-refractivity contribution in [3.8, 4) is 51.4 Å². The van der Waals surface area contributed by atoms with E-state index in [2.05, 4.69) is 260 Å². The highest BCUT2D eigenvalue weighted by atomic mass is 79.9. The molecule has 14 rings (SSSR count). The van der Waals surface area contributed by atoms with Gasteiger partial charge in [-0.15, -0.1) is 0 Å². The fourth-order valence-electron chi connectivity index (χ4n) is 16.3. The molecule has 0 aliphatic heterocycles. The van der Waals surface area contributed by atoms with Gasteiger partial charge in [0.05, 0.1) is 67.6 Å². The Kier molecular flexibility index (Phi) is 46.6. The van der Waals surface area contributed by atoms with Gasteiger partial charge in [0.25, 0.3) is 0 Å². The van der Waals surface area contributed by atoms with Crippen LogP contribution in [-0.2, 0) is 17.7 Å². The highest BCUT2D eigenvalue weighted by molar-refractivity contribution is 9.11. The maximum absolute atomic E-state index is 12.2. The molecule has 1 unspecified atom stereocenters. The summed E-state index contributed by atoms with van der Waals surface area (Å²) in [6.45, 7) is 50.6. The zero-order chi connectivity index (χ0) is 106. The van der Waals surface area contributed by atoms with Crippen molar-refractivity contribution in [1.82, 2.24) is 0 Å². The lowest BCUT2D eigenvalue weighted by atomic mass is 9.91. The summed E-state index contributed by atoms with van der Waals surface area (Å²) in [5, 5.41) is 53.4. The predicted octanol–water partition coefficient (Wildman–Crippen LogP) is 34.0. The number of methoxy groups -OCH3 is 2. The SMILES string of the molecule is CCO[Si](OCC)(OCC)OCC.COc1c(-c2ccccc2O)cc(C)cc1C(C)Nc1c(C(C)C)cccc1C(C)C.COc1c(Br)cc(C)cc1C(=Nc1c(C(C)C)cccc1C(C)C)c1ccccc1.Cc1cc(Br)c(O)c(C(=Nc2c(C(C)C)cccc2C(C)C)c2ccccc2)c1.Cc1cc(Br)c(O)c(C(=O)c2ccccc2)c1.Cc1ccc(O)c(C(=O)c2ccccc2)c1.Cc1ccc(O)cc1.[2HH]. The molecule has 14 aromatic carbocycles. The number of hydrogen-bond acceptors (Lipinski definition) is 16. The molecule has 20 heteroatoms. The number of aromatic hydroxyl groups is 5. The summed E-state index contributed by atoms with van der Waals surface area (Å²) in [4.78, 5) is 34.8. The first-order chi connectivity index (χ1) is 68.7. The quantitative estimate of drug-likeness (QED) is 0.0140. The Labute approximate surface area is 883 Å². The van der Waals surface area contributed by atoms with E-state index in [0.717, 1.165) is 106 Å². The van der Waals surface area contributed by atoms with Crippen molar-refractivity contribution in [3.05, 3.63) is 421 Å². The molecule has 14 aromatic rings. The number of nitrogens with zero attached hydrogens (tertiary/aromatic N) is 2. The molecule has 0 aliphatic rings. The van der Waals surface area contributed by atoms with Gasteiger partial charge in [0.15, 0.2) is 11.6 Å². The fraction of sp³-hybridized carbons (Fsp3) is 0.290. The number of ether oxygens (including phenoxy) is 2. The summed E-state index contributed by atoms with van der Waals surface area (Å²) in [5.74, 6) is 4.39. The number of carbonyl (C=O) groups excluding carboxylic acids is 2. The molecule has 0 radical (unpaired) electrons. The number of aryl methyl sites for hydroxylation is 6. The van der Waals surface area contributed by atoms with Gasteiger partial charge in [-0.05, 0) is 288 Å². The highest BCUT2D eigenvalue weighted by Gasteiger charge is 2.44. The van der Waals surface area contributed by atoms with Gasteiger partial charge >= 0.3 is 9.05 Å². The summed E-state index contributed by atoms with van der Waals surface area (Å²) in [7, 11) is 0.616. The second-order valence-corrected chi connectivity index (χ2v) is 41.6. The predicted molar refractivity (Wildman–Crippen MR) is 611 cm³/mol. The van der Waals surface area contributed by atoms with Crippen molar-refractivity contribution in [3.63, 3.8) is 0 Å². The Hall–Kier alpha value is -12.3. The first-order valence-electron chi connectivity index (χ1n) is 49.2. The van der Waals surface area contributed by atoms with Crippen LogP contribution in [0.15, 0.2) is 315 Å². The number of phenols is 5. The van der Waals surface area contributed by atoms with Crippen molar-refractivity contribution in [2.24, 2.45) is 9.98 Å². The highest BCUT2D eigenvalue weighted by Crippen LogP contribution is 2.46. The average Bonchev–Trinajstić information content (AvgIpc) is 0.794. The molecule has 0 fully saturated rings. The maximum atomic E-state index is 12.2. The summed E-state index contributed by atoms with van der Waals surface area (Å²) < 4.78 is 35.5. The van der Waals surface area contributed by atoms with E-state index in [1.807, 2.05) is 146 Å². The molecule has 0 spiro atoms. The van der Waals surface area contributed by atoms with E-state index in [-0.39, 0.29) is 42.0 Å². The van der Waals surface area contributed by atoms with Crippen molar-refractivity contribution in [2.75, 3.05) is 46.0 Å². The van der Waals surface area contributed by atoms with Crippen LogP contribution >= 0.6 is 47.8 Å². The number of phenolic OH excluding ortho intramolecular Hbond substituents is 5. The van der Waals surface area contributed by atoms with Gasteiger partial charge in [0, 0.05) is 83.6 Å². The summed E-state index contributed by atoms with van der Waals surface area (Å²) in [5.41, 5.74) is 27.4. The lowest BCUT2D eigenvalue weighted by Gasteiger charge is -2.26. The van der Waals surface area contributed by atoms with Crippen LogP contribution in [0.2, 0.25) is 0 Å². The van der Waals surface area contributed by atoms with Gasteiger partial charge in [0.2, 0.25) is 0 Å². The molecule has 0 aromatic heterocycles. The van der Waals surface area contributed by atoms with Crippen molar-refractivity contribution < 1.29 is 63.7 Å². The number of rotatable bonds is 30. The fourth-order valence-corrected chi connectivity index (χ4v) is 20.1. The Morgan fingerprint density at radius 1 is 0.319 bits per heavy atom. The first kappa shape index (κ1) is 117. The van der Waals surface area contributed by atoms with Gasteiger partial charge in [-0.2, -0.15) is 0 Å². The van der Waals surface area contributed by atoms with Crippen LogP contribution in [0.5, 0.6) is 40.2 Å². The molecule has 0 saturated heterocycles. The van der Waals surface area contributed by atoms with Gasteiger partial charge in [-0.25, -0.2) is 9.98 Å². The van der Waals surface area contributed by atoms with Gasteiger partial charge in [-0.3, -0.25) is 9.59 Å². The second-order valence-electron chi connectivity index (χ2n) is 36.9. The third-order valence-electron chi connectivity index (χ3n) is 23.4. The summed E-state index contributed by atoms with van der Waals surface area (Å²) >= 11 is 10.4. The number of anilines is 1. The lowest BCUT2D eigenvalue weighted by Crippen LogP contribution is -2.49. The van der Waals surface area contributed by atoms with Gasteiger partial charge in [-0.1, -0.05) is 313 Å². The molecule has 0 saturated carbocycles. The van der Waals surface area contributed by atoms with Gasteiger partial charge < -0.3 is 58.0 Å². The number of aliphatic imine (C=N–C) groups is 2. The minimum absolute atomic E-state index is 0. The molecule has 0 aliphatic carbocycles. The number of carbonyl (C=O) groups is 2. The molecule has 0 amide bonds. The topological polar surface area (TPSA) is 227 Å². The standard InChI is InChI=1S/C28H35NO2.C27H30BrNO.C26H28BrNO.C14H11BrO2.C14H12O2.C8H20O4Si.C7H8O.H2/c1-17(2)21-12-10-13-22(18(3)4)27(21)29-20(6)24-15-19(5)16-25(28(24)31-7)23-11-8-9-14-26(23)30;1-17(2)21-13-10-14-22(18(3)4)26(21)29-25(20-11-8-7-9-12-20)23-15-19(5)16-24(28)27(23)30-6;1-16(2)20-12-9-13-21(17(3)4)25(20)28-24(19-10-7-6-8-11-19)22-14-18(5)15-23(27)26(22)29;1-9-7-11(14(17)12(15)8-9)13(16)10-5-3-2-4-6-10;1-10-7-8-13(15)12(9-10)14(16)11-5-3-2-4-6-11;1-5-9-13(10-6-2,11-7-3)12-8-4;1-6-2-4-7(8)5-3-6;/h8-18,20,29-30H,1-7H3;7-18H,1-6H3;6-17,29H,1-5H3;2-8,17H,1H3;2-9,15H,1H3;5-8H2,1-4H3;2-5,8H,1H3;1H/i;;;;;;;1+1. The molecule has 16 nitrogen and oxygen atoms in total. The van der Waals surface area contributed by atoms with E-state index in [9.17, 15) is 30.0 Å². The number of ketones is 2. The minimum atomic E-state index is -2.80. The average molecular weight is 2160 g/mol. The molecule has 6 N–H and O–H groups in total. The normalized spacial score (nSPS) is 11.5. The van der Waals surface area contributed by atoms with Crippen molar-refractivity contribution >= 4 is 96.9 Å². The molecule has 760 valence electrons. The van der Waals surface area contributed by atoms with E-state index in [4.69, 9.17) is 42.3 Å². The van der Waals surface area contributed by atoms with Crippen molar-refractivity contribution in [1.29, 1.82) is 0 Å². The van der Waals surface area contributed by atoms with Crippen LogP contribution in [0.25, 0.3) is 11.1 Å². The zero-order valence-corrected chi connectivity index (χ0v) is 93.9. The molecular weight excluding hydrogens is 2010 g/mol. The lowest BCUT2D eigenvalue weighted by molar-refractivity contribution is -0.0247. The number of hydrogen-bond donors (Lipinski definition) is 6. The Bertz CT molecular complexity index is 6450. The van der Waals surface area contributed by atoms with Crippen LogP contribution in [0.3, 0.4) is 0 Å². The van der Waals surface area contributed by atoms with Crippen LogP contribution in [0, 0.1) is 41.5 Å². The van der Waals surface area contributed by atoms with Crippen LogP contribution in [-0.4, -0.2) is 98.2 Å². The Balaban J connectivity index is 0.000000237. The second kappa shape index (κ2) is 57.4. The number of benzene rings is 14. The van der Waals surface area contributed by atoms with E-state index < -0.39 is 9.05 Å². The monoisotopic (exact) mass is 2150 g/mol. The zero-order valence-electron chi connectivity index (χ0n) is 88.1. The first-order valence-corrected chi connectivity index (χ1v) is 53.2. The van der Waals surface area contributed by atoms with Crippen LogP contribution in [0.4, 0.5) is 17.1 Å². The largest absolute Gasteiger partial charge is 0.679 e. The van der Waals surface area contributed by atoms with Crippen LogP contribution < -0.4 is 14.8 Å². The number of para-hydroxylation sites is 4. The summed E-state index contributed by atoms with van der Waals surface area (Å²) in [6, 6.07) is 93.3. The number of halogens is 3. The van der Waals surface area contributed by atoms with E-state index >= 15 is 0 Å². The molecule has 1 atom stereocenters. The molecule has 0 heterocycles. The van der Waals surface area contributed by atoms with E-state index in [1.54, 1.807) is 111 Å². The van der Waals surface area contributed by atoms with Crippen molar-refractivity contribution in [2.45, 2.75) is 201 Å². The number of nitrogens with one attached hydrogen (secondary N) is 1. The Morgan fingerprint density at radius 3 is 1.04 bits per heavy atom. The van der Waals surface area contributed by atoms with Gasteiger partial charge in [0.1, 0.15) is 40.2 Å². The molecule has 0 bridgehead atoms. The Morgan fingerprint density at radius 2 is 0.653 bits per heavy atom. The van der Waals surface area contributed by atoms with E-state index in [1.165, 1.54) is 44.6 Å². The minimum Gasteiger partial charge on any atom is -0.508 e. The summed E-state index contributed by atoms with van der Waals surface area (Å²) in [6.07, 6.45) is 0. The van der Waals surface area contributed by atoms with E-state index in [0.29, 0.717) is 98.9 Å². The maximum Gasteiger partial charge on any atom is 0.679 e. The smallest absolute Gasteiger partial charge is 0.508 e. The molecular formula is C124H146Br3N3O13Si. The third kappa shape index (κ3) is 32.8. The molecule has 144 heavy (non-hydrogen) atoms. The third-order valence-corrected chi connectivity index (χ3v) is 27.8. The van der Waals surface area contributed by atoms with Crippen LogP contribution in [0.1, 0.15) is 287 Å².